The molecule has 4 aliphatic rings. The Hall–Kier alpha value is -4.90. The average Bonchev–Trinajstić information content (AvgIpc) is 3.79. The van der Waals surface area contributed by atoms with Gasteiger partial charge in [0.05, 0.1) is 0 Å². The van der Waals surface area contributed by atoms with Crippen molar-refractivity contribution in [1.29, 1.82) is 0 Å². The van der Waals surface area contributed by atoms with Crippen molar-refractivity contribution in [2.45, 2.75) is 68.1 Å². The fraction of sp³-hybridized carbons (Fsp3) is 0.278. The van der Waals surface area contributed by atoms with Crippen LogP contribution < -0.4 is 74.0 Å². The predicted molar refractivity (Wildman–Crippen MR) is 246 cm³/mol. The molecule has 4 amide bonds. The number of urea groups is 2. The molecule has 11 nitrogen and oxygen atoms in total. The van der Waals surface area contributed by atoms with E-state index in [1.54, 1.807) is 0 Å². The van der Waals surface area contributed by atoms with Gasteiger partial charge in [-0.1, -0.05) is 140 Å². The summed E-state index contributed by atoms with van der Waals surface area (Å²) in [5, 5.41) is 6.12. The molecular weight excluding hydrogens is 967 g/mol. The van der Waals surface area contributed by atoms with E-state index in [1.165, 1.54) is 34.2 Å². The molecule has 67 heavy (non-hydrogen) atoms. The topological polar surface area (TPSA) is 174 Å². The first-order valence-electron chi connectivity index (χ1n) is 22.5. The van der Waals surface area contributed by atoms with Crippen molar-refractivity contribution >= 4 is 29.7 Å². The van der Waals surface area contributed by atoms with E-state index in [0.717, 1.165) is 79.5 Å². The Morgan fingerprint density at radius 3 is 1.28 bits per heavy atom. The number of rotatable bonds is 5. The summed E-state index contributed by atoms with van der Waals surface area (Å²) in [4.78, 5) is 41.2. The van der Waals surface area contributed by atoms with Crippen molar-refractivity contribution in [3.8, 4) is 22.3 Å². The SMILES string of the molecule is CC1CC2(CCN(C(=O)Nc3ccc(-c4ccccc4)cc3)CC2)c2ccccc21.O=CC1CC2(CCN(C(=O)Nc3ccc(-c4ccccc4)cc3)CC2)c2ccccc21.[Na+].[O-][I+3]([O-])([O-])[O-]. The van der Waals surface area contributed by atoms with Gasteiger partial charge in [0.2, 0.25) is 0 Å². The number of aldehydes is 1. The van der Waals surface area contributed by atoms with Gasteiger partial charge < -0.3 is 25.2 Å². The van der Waals surface area contributed by atoms with Gasteiger partial charge in [-0.25, -0.2) is 9.59 Å². The molecule has 2 N–H and O–H groups in total. The summed E-state index contributed by atoms with van der Waals surface area (Å²) in [6.07, 6.45) is 7.06. The van der Waals surface area contributed by atoms with Gasteiger partial charge in [0, 0.05) is 43.5 Å². The zero-order valence-corrected chi connectivity index (χ0v) is 42.1. The second kappa shape index (κ2) is 22.0. The third-order valence-electron chi connectivity index (χ3n) is 14.0. The maximum atomic E-state index is 12.9. The molecular formula is C54H54IN4NaO7. The average molecular weight is 1020 g/mol. The standard InChI is InChI=1S/C27H26N2O2.C27H28N2O.IO4.Na/c30-19-22-18-27(25-9-5-4-8-24(22)25)14-16-29(17-15-27)26(31)28-23-12-10-21(11-13-23)20-6-2-1-3-7-20;1-20-19-27(25-10-6-5-9-24(20)25)15-17-29(18-16-27)26(30)28-23-13-11-22(12-14-23)21-7-3-2-4-8-21;2-1(3,4)5;/h1-13,19,22H,14-18H2,(H,28,31);2-14,20H,15-19H2,1H3,(H,28,30);;/q;;-1;+1. The van der Waals surface area contributed by atoms with Crippen LogP contribution in [0.5, 0.6) is 0 Å². The first-order chi connectivity index (χ1) is 31.8. The molecule has 0 aromatic heterocycles. The van der Waals surface area contributed by atoms with Crippen molar-refractivity contribution in [2.75, 3.05) is 36.8 Å². The Labute approximate surface area is 421 Å². The number of anilines is 2. The van der Waals surface area contributed by atoms with Crippen LogP contribution >= 0.6 is 0 Å². The number of carbonyl (C=O) groups excluding carboxylic acids is 3. The molecule has 340 valence electrons. The molecule has 2 aliphatic heterocycles. The van der Waals surface area contributed by atoms with Gasteiger partial charge in [-0.15, -0.1) is 0 Å². The monoisotopic (exact) mass is 1020 g/mol. The Bertz CT molecular complexity index is 2590. The molecule has 0 radical (unpaired) electrons. The Balaban J connectivity index is 0.000000178. The summed E-state index contributed by atoms with van der Waals surface area (Å²) in [7, 11) is 0. The number of nitrogens with one attached hydrogen (secondary N) is 2. The normalized spacial score (nSPS) is 18.5. The first kappa shape index (κ1) is 50.0. The number of benzene rings is 6. The fourth-order valence-corrected chi connectivity index (χ4v) is 10.7. The fourth-order valence-electron chi connectivity index (χ4n) is 10.7. The number of fused-ring (bicyclic) bond motifs is 4. The Kier molecular flexibility index (Phi) is 16.4. The van der Waals surface area contributed by atoms with Gasteiger partial charge in [0.1, 0.15) is 26.4 Å². The van der Waals surface area contributed by atoms with E-state index in [9.17, 15) is 14.4 Å². The second-order valence-corrected chi connectivity index (χ2v) is 20.0. The molecule has 10 rings (SSSR count). The van der Waals surface area contributed by atoms with E-state index in [1.807, 2.05) is 88.7 Å². The van der Waals surface area contributed by atoms with Crippen molar-refractivity contribution in [1.82, 2.24) is 9.80 Å². The van der Waals surface area contributed by atoms with Gasteiger partial charge in [0.25, 0.3) is 0 Å². The molecule has 2 heterocycles. The van der Waals surface area contributed by atoms with E-state index < -0.39 is 20.1 Å². The summed E-state index contributed by atoms with van der Waals surface area (Å²) in [6.45, 7) is 5.37. The Morgan fingerprint density at radius 2 is 0.866 bits per heavy atom. The van der Waals surface area contributed by atoms with Crippen LogP contribution in [0.2, 0.25) is 0 Å². The predicted octanol–water partition coefficient (Wildman–Crippen LogP) is 1.28. The molecule has 13 heteroatoms. The van der Waals surface area contributed by atoms with Crippen LogP contribution in [0.4, 0.5) is 21.0 Å². The number of hydrogen-bond acceptors (Lipinski definition) is 7. The molecule has 2 fully saturated rings. The van der Waals surface area contributed by atoms with Gasteiger partial charge in [0.15, 0.2) is 0 Å². The summed E-state index contributed by atoms with van der Waals surface area (Å²) in [5.41, 5.74) is 12.1. The third kappa shape index (κ3) is 12.0. The van der Waals surface area contributed by atoms with Crippen LogP contribution in [0.25, 0.3) is 22.3 Å². The van der Waals surface area contributed by atoms with Crippen molar-refractivity contribution in [2.24, 2.45) is 0 Å². The number of piperidine rings is 2. The van der Waals surface area contributed by atoms with Gasteiger partial charge in [-0.05, 0) is 124 Å². The van der Waals surface area contributed by atoms with E-state index in [-0.39, 0.29) is 58.4 Å². The maximum absolute atomic E-state index is 12.9. The minimum atomic E-state index is -5.94. The van der Waals surface area contributed by atoms with Crippen LogP contribution in [-0.2, 0) is 15.6 Å². The number of halogens is 1. The van der Waals surface area contributed by atoms with Gasteiger partial charge >= 0.3 is 41.6 Å². The Morgan fingerprint density at radius 1 is 0.522 bits per heavy atom. The molecule has 2 unspecified atom stereocenters. The minimum Gasteiger partial charge on any atom is -0.324 e. The second-order valence-electron chi connectivity index (χ2n) is 17.9. The van der Waals surface area contributed by atoms with Crippen molar-refractivity contribution in [3.05, 3.63) is 180 Å². The maximum Gasteiger partial charge on any atom is 1.00 e. The van der Waals surface area contributed by atoms with Crippen LogP contribution in [0.15, 0.2) is 158 Å². The number of nitrogens with zero attached hydrogens (tertiary/aromatic N) is 2. The quantitative estimate of drug-likeness (QED) is 0.149. The number of carbonyl (C=O) groups is 3. The van der Waals surface area contributed by atoms with E-state index >= 15 is 0 Å². The number of likely N-dealkylation sites (tertiary alicyclic amines) is 2. The molecule has 6 aromatic rings. The first-order valence-corrected chi connectivity index (χ1v) is 26.0. The molecule has 2 aliphatic carbocycles. The number of hydrogen-bond donors (Lipinski definition) is 2. The van der Waals surface area contributed by atoms with E-state index in [2.05, 4.69) is 96.4 Å². The zero-order chi connectivity index (χ0) is 46.3. The van der Waals surface area contributed by atoms with Gasteiger partial charge in [-0.2, -0.15) is 0 Å². The largest absolute Gasteiger partial charge is 1.00 e. The summed E-state index contributed by atoms with van der Waals surface area (Å²) in [6, 6.07) is 53.8. The molecule has 6 aromatic carbocycles. The minimum absolute atomic E-state index is 0. The molecule has 0 bridgehead atoms. The van der Waals surface area contributed by atoms with E-state index in [4.69, 9.17) is 13.7 Å². The van der Waals surface area contributed by atoms with E-state index in [0.29, 0.717) is 19.0 Å². The molecule has 2 atom stereocenters. The zero-order valence-electron chi connectivity index (χ0n) is 37.9. The third-order valence-corrected chi connectivity index (χ3v) is 14.0. The number of amides is 4. The van der Waals surface area contributed by atoms with Crippen molar-refractivity contribution < 1.29 is 77.8 Å². The van der Waals surface area contributed by atoms with Crippen LogP contribution in [-0.4, -0.2) is 54.3 Å². The smallest absolute Gasteiger partial charge is 0.324 e. The summed E-state index contributed by atoms with van der Waals surface area (Å²) < 4.78 is 34.5. The van der Waals surface area contributed by atoms with Crippen molar-refractivity contribution in [3.63, 3.8) is 0 Å². The summed E-state index contributed by atoms with van der Waals surface area (Å²) in [5.74, 6) is 0.601. The molecule has 0 saturated carbocycles. The molecule has 2 spiro atoms. The van der Waals surface area contributed by atoms with Gasteiger partial charge in [-0.3, -0.25) is 13.7 Å². The van der Waals surface area contributed by atoms with Crippen LogP contribution in [0.1, 0.15) is 79.5 Å². The van der Waals surface area contributed by atoms with Crippen LogP contribution in [0, 0.1) is 0 Å². The van der Waals surface area contributed by atoms with Crippen LogP contribution in [0.3, 0.4) is 0 Å². The summed E-state index contributed by atoms with van der Waals surface area (Å²) >= 11 is -5.94. The molecule has 2 saturated heterocycles.